The molecule has 0 unspecified atom stereocenters. The summed E-state index contributed by atoms with van der Waals surface area (Å²) in [5, 5.41) is 2.07. The highest BCUT2D eigenvalue weighted by Gasteiger charge is 2.06. The van der Waals surface area contributed by atoms with Gasteiger partial charge < -0.3 is 0 Å². The molecule has 0 saturated carbocycles. The number of pyridine rings is 1. The standard InChI is InChI=1S/C15H15N3OS/c1-17(11-13-5-4-8-20-13)10-12-9-15(19)18-7-3-2-6-14(18)16-12/h2-9H,10-11H2,1H3. The minimum Gasteiger partial charge on any atom is -0.295 e. The lowest BCUT2D eigenvalue weighted by Gasteiger charge is -2.15. The summed E-state index contributed by atoms with van der Waals surface area (Å²) in [5.74, 6) is 0. The van der Waals surface area contributed by atoms with Gasteiger partial charge >= 0.3 is 0 Å². The molecule has 5 heteroatoms. The number of hydrogen-bond acceptors (Lipinski definition) is 4. The number of aromatic nitrogens is 2. The number of thiophene rings is 1. The first-order valence-electron chi connectivity index (χ1n) is 6.40. The monoisotopic (exact) mass is 285 g/mol. The van der Waals surface area contributed by atoms with E-state index in [1.165, 1.54) is 4.88 Å². The van der Waals surface area contributed by atoms with Crippen LogP contribution in [-0.4, -0.2) is 21.3 Å². The Hall–Kier alpha value is -1.98. The Morgan fingerprint density at radius 1 is 1.25 bits per heavy atom. The van der Waals surface area contributed by atoms with E-state index in [1.807, 2.05) is 25.2 Å². The Kier molecular flexibility index (Phi) is 3.62. The van der Waals surface area contributed by atoms with Crippen LogP contribution >= 0.6 is 11.3 Å². The predicted molar refractivity (Wildman–Crippen MR) is 81.0 cm³/mol. The van der Waals surface area contributed by atoms with Crippen LogP contribution in [0.25, 0.3) is 5.65 Å². The zero-order valence-electron chi connectivity index (χ0n) is 11.2. The van der Waals surface area contributed by atoms with E-state index < -0.39 is 0 Å². The van der Waals surface area contributed by atoms with Crippen molar-refractivity contribution in [1.29, 1.82) is 0 Å². The summed E-state index contributed by atoms with van der Waals surface area (Å²) in [6.45, 7) is 1.53. The molecular weight excluding hydrogens is 270 g/mol. The molecule has 0 fully saturated rings. The average Bonchev–Trinajstić information content (AvgIpc) is 2.91. The van der Waals surface area contributed by atoms with Gasteiger partial charge in [-0.3, -0.25) is 14.1 Å². The second kappa shape index (κ2) is 5.56. The van der Waals surface area contributed by atoms with Crippen molar-refractivity contribution in [3.8, 4) is 0 Å². The lowest BCUT2D eigenvalue weighted by Crippen LogP contribution is -2.21. The minimum atomic E-state index is -0.0323. The summed E-state index contributed by atoms with van der Waals surface area (Å²) in [4.78, 5) is 20.0. The van der Waals surface area contributed by atoms with Crippen molar-refractivity contribution in [2.24, 2.45) is 0 Å². The molecule has 3 aromatic heterocycles. The molecule has 0 aromatic carbocycles. The van der Waals surface area contributed by atoms with E-state index in [2.05, 4.69) is 27.4 Å². The van der Waals surface area contributed by atoms with E-state index in [1.54, 1.807) is 28.0 Å². The maximum Gasteiger partial charge on any atom is 0.258 e. The van der Waals surface area contributed by atoms with Crippen LogP contribution in [0.3, 0.4) is 0 Å². The summed E-state index contributed by atoms with van der Waals surface area (Å²) in [7, 11) is 2.04. The molecule has 0 aliphatic rings. The van der Waals surface area contributed by atoms with Crippen LogP contribution in [0.2, 0.25) is 0 Å². The smallest absolute Gasteiger partial charge is 0.258 e. The Balaban J connectivity index is 1.82. The fourth-order valence-electron chi connectivity index (χ4n) is 2.19. The molecule has 3 heterocycles. The molecule has 0 spiro atoms. The molecule has 0 amide bonds. The first-order valence-corrected chi connectivity index (χ1v) is 7.28. The van der Waals surface area contributed by atoms with Crippen LogP contribution < -0.4 is 5.56 Å². The summed E-state index contributed by atoms with van der Waals surface area (Å²) in [5.41, 5.74) is 1.47. The molecule has 3 aromatic rings. The van der Waals surface area contributed by atoms with Crippen LogP contribution in [0, 0.1) is 0 Å². The van der Waals surface area contributed by atoms with Gasteiger partial charge in [-0.05, 0) is 30.6 Å². The van der Waals surface area contributed by atoms with E-state index in [0.29, 0.717) is 12.2 Å². The molecule has 0 aliphatic heterocycles. The number of hydrogen-bond donors (Lipinski definition) is 0. The lowest BCUT2D eigenvalue weighted by atomic mass is 10.3. The molecule has 20 heavy (non-hydrogen) atoms. The van der Waals surface area contributed by atoms with Crippen LogP contribution in [-0.2, 0) is 13.1 Å². The molecule has 0 N–H and O–H groups in total. The van der Waals surface area contributed by atoms with Gasteiger partial charge in [0.05, 0.1) is 5.69 Å². The summed E-state index contributed by atoms with van der Waals surface area (Å²) >= 11 is 1.74. The Morgan fingerprint density at radius 3 is 2.95 bits per heavy atom. The highest BCUT2D eigenvalue weighted by Crippen LogP contribution is 2.12. The van der Waals surface area contributed by atoms with Gasteiger partial charge in [-0.2, -0.15) is 0 Å². The summed E-state index contributed by atoms with van der Waals surface area (Å²) < 4.78 is 1.56. The van der Waals surface area contributed by atoms with Gasteiger partial charge in [-0.1, -0.05) is 12.1 Å². The van der Waals surface area contributed by atoms with E-state index in [4.69, 9.17) is 0 Å². The average molecular weight is 285 g/mol. The van der Waals surface area contributed by atoms with Crippen molar-refractivity contribution in [2.45, 2.75) is 13.1 Å². The molecular formula is C15H15N3OS. The van der Waals surface area contributed by atoms with Crippen molar-refractivity contribution in [1.82, 2.24) is 14.3 Å². The van der Waals surface area contributed by atoms with Crippen molar-refractivity contribution in [3.05, 3.63) is 68.9 Å². The third kappa shape index (κ3) is 2.79. The number of rotatable bonds is 4. The zero-order chi connectivity index (χ0) is 13.9. The maximum atomic E-state index is 12.0. The van der Waals surface area contributed by atoms with Gasteiger partial charge in [0.15, 0.2) is 0 Å². The summed E-state index contributed by atoms with van der Waals surface area (Å²) in [6.07, 6.45) is 1.74. The normalized spacial score (nSPS) is 11.3. The molecule has 3 rings (SSSR count). The summed E-state index contributed by atoms with van der Waals surface area (Å²) in [6, 6.07) is 11.3. The molecule has 0 radical (unpaired) electrons. The van der Waals surface area contributed by atoms with Gasteiger partial charge in [0, 0.05) is 30.2 Å². The van der Waals surface area contributed by atoms with Crippen molar-refractivity contribution >= 4 is 17.0 Å². The van der Waals surface area contributed by atoms with Crippen molar-refractivity contribution in [2.75, 3.05) is 7.05 Å². The van der Waals surface area contributed by atoms with Gasteiger partial charge in [0.2, 0.25) is 0 Å². The Labute approximate surface area is 120 Å². The fraction of sp³-hybridized carbons (Fsp3) is 0.200. The quantitative estimate of drug-likeness (QED) is 0.738. The second-order valence-corrected chi connectivity index (χ2v) is 5.80. The fourth-order valence-corrected chi connectivity index (χ4v) is 2.97. The Bertz CT molecular complexity index is 764. The first kappa shape index (κ1) is 13.0. The second-order valence-electron chi connectivity index (χ2n) is 4.77. The Morgan fingerprint density at radius 2 is 2.15 bits per heavy atom. The maximum absolute atomic E-state index is 12.0. The van der Waals surface area contributed by atoms with Crippen LogP contribution in [0.1, 0.15) is 10.6 Å². The van der Waals surface area contributed by atoms with E-state index in [-0.39, 0.29) is 5.56 Å². The molecule has 102 valence electrons. The largest absolute Gasteiger partial charge is 0.295 e. The third-order valence-electron chi connectivity index (χ3n) is 3.06. The van der Waals surface area contributed by atoms with Crippen LogP contribution in [0.4, 0.5) is 0 Å². The van der Waals surface area contributed by atoms with Crippen LogP contribution in [0.15, 0.2) is 52.8 Å². The molecule has 0 bridgehead atoms. The number of nitrogens with zero attached hydrogens (tertiary/aromatic N) is 3. The first-order chi connectivity index (χ1) is 9.72. The van der Waals surface area contributed by atoms with Gasteiger partial charge in [-0.15, -0.1) is 11.3 Å². The van der Waals surface area contributed by atoms with Crippen molar-refractivity contribution in [3.63, 3.8) is 0 Å². The van der Waals surface area contributed by atoms with E-state index in [0.717, 1.165) is 12.2 Å². The van der Waals surface area contributed by atoms with E-state index >= 15 is 0 Å². The minimum absolute atomic E-state index is 0.0323. The molecule has 0 saturated heterocycles. The molecule has 0 aliphatic carbocycles. The number of fused-ring (bicyclic) bond motifs is 1. The molecule has 4 nitrogen and oxygen atoms in total. The topological polar surface area (TPSA) is 37.6 Å². The van der Waals surface area contributed by atoms with Gasteiger partial charge in [-0.25, -0.2) is 4.98 Å². The highest BCUT2D eigenvalue weighted by molar-refractivity contribution is 7.09. The van der Waals surface area contributed by atoms with Crippen LogP contribution in [0.5, 0.6) is 0 Å². The van der Waals surface area contributed by atoms with E-state index in [9.17, 15) is 4.79 Å². The predicted octanol–water partition coefficient (Wildman–Crippen LogP) is 2.39. The van der Waals surface area contributed by atoms with Crippen molar-refractivity contribution < 1.29 is 0 Å². The lowest BCUT2D eigenvalue weighted by molar-refractivity contribution is 0.318. The SMILES string of the molecule is CN(Cc1cc(=O)n2ccccc2n1)Cc1cccs1. The van der Waals surface area contributed by atoms with Gasteiger partial charge in [0.1, 0.15) is 5.65 Å². The zero-order valence-corrected chi connectivity index (χ0v) is 12.0. The molecule has 0 atom stereocenters. The van der Waals surface area contributed by atoms with Gasteiger partial charge in [0.25, 0.3) is 5.56 Å². The highest BCUT2D eigenvalue weighted by atomic mass is 32.1. The third-order valence-corrected chi connectivity index (χ3v) is 3.92.